The molecule has 0 saturated carbocycles. The Kier molecular flexibility index (Phi) is 6.05. The Hall–Kier alpha value is -1.62. The lowest BCUT2D eigenvalue weighted by Crippen LogP contribution is -2.20. The molecule has 0 bridgehead atoms. The van der Waals surface area contributed by atoms with E-state index < -0.39 is 24.6 Å². The van der Waals surface area contributed by atoms with Crippen molar-refractivity contribution in [1.29, 1.82) is 0 Å². The first-order chi connectivity index (χ1) is 6.97. The van der Waals surface area contributed by atoms with Gasteiger partial charge in [0.2, 0.25) is 6.29 Å². The van der Waals surface area contributed by atoms with Crippen LogP contribution in [0.2, 0.25) is 0 Å². The number of carbonyl (C=O) groups excluding carboxylic acids is 1. The van der Waals surface area contributed by atoms with Crippen LogP contribution < -0.4 is 0 Å². The van der Waals surface area contributed by atoms with E-state index in [1.807, 2.05) is 0 Å². The van der Waals surface area contributed by atoms with Crippen LogP contribution in [0.4, 0.5) is 0 Å². The largest absolute Gasteiger partial charge is 0.481 e. The van der Waals surface area contributed by atoms with Crippen LogP contribution >= 0.6 is 0 Å². The molecule has 0 aromatic carbocycles. The van der Waals surface area contributed by atoms with Gasteiger partial charge in [-0.3, -0.25) is 4.79 Å². The van der Waals surface area contributed by atoms with Gasteiger partial charge in [0.1, 0.15) is 0 Å². The molecule has 5 heteroatoms. The molecule has 15 heavy (non-hydrogen) atoms. The summed E-state index contributed by atoms with van der Waals surface area (Å²) in [6, 6.07) is 0. The molecule has 1 unspecified atom stereocenters. The van der Waals surface area contributed by atoms with Gasteiger partial charge in [-0.1, -0.05) is 12.7 Å². The van der Waals surface area contributed by atoms with E-state index in [0.717, 1.165) is 0 Å². The monoisotopic (exact) mass is 214 g/mol. The predicted molar refractivity (Wildman–Crippen MR) is 53.1 cm³/mol. The summed E-state index contributed by atoms with van der Waals surface area (Å²) in [5.74, 6) is -1.90. The Labute approximate surface area is 88.0 Å². The van der Waals surface area contributed by atoms with Crippen molar-refractivity contribution >= 4 is 11.9 Å². The van der Waals surface area contributed by atoms with Gasteiger partial charge in [0.15, 0.2) is 0 Å². The van der Waals surface area contributed by atoms with Crippen molar-refractivity contribution in [3.63, 3.8) is 0 Å². The van der Waals surface area contributed by atoms with Crippen LogP contribution in [0.1, 0.15) is 13.3 Å². The normalized spacial score (nSPS) is 11.5. The molecule has 0 aromatic rings. The van der Waals surface area contributed by atoms with Crippen molar-refractivity contribution in [3.8, 4) is 0 Å². The Morgan fingerprint density at radius 1 is 1.53 bits per heavy atom. The molecule has 0 spiro atoms. The van der Waals surface area contributed by atoms with Gasteiger partial charge in [-0.05, 0) is 6.92 Å². The second kappa shape index (κ2) is 6.78. The predicted octanol–water partition coefficient (Wildman–Crippen LogP) is 1.11. The molecule has 5 nitrogen and oxygen atoms in total. The van der Waals surface area contributed by atoms with E-state index in [1.165, 1.54) is 13.0 Å². The van der Waals surface area contributed by atoms with Crippen molar-refractivity contribution in [3.05, 3.63) is 24.8 Å². The van der Waals surface area contributed by atoms with Gasteiger partial charge in [0.25, 0.3) is 0 Å². The van der Waals surface area contributed by atoms with Crippen molar-refractivity contribution in [2.24, 2.45) is 0 Å². The molecule has 0 rings (SSSR count). The van der Waals surface area contributed by atoms with Gasteiger partial charge < -0.3 is 14.6 Å². The smallest absolute Gasteiger partial charge is 0.336 e. The third-order valence-corrected chi connectivity index (χ3v) is 1.38. The summed E-state index contributed by atoms with van der Waals surface area (Å²) in [7, 11) is 0. The molecule has 0 saturated heterocycles. The highest BCUT2D eigenvalue weighted by Gasteiger charge is 2.15. The number of rotatable bonds is 7. The summed E-state index contributed by atoms with van der Waals surface area (Å²) >= 11 is 0. The molecule has 0 aliphatic carbocycles. The number of carboxylic acids is 1. The van der Waals surface area contributed by atoms with E-state index in [-0.39, 0.29) is 12.2 Å². The lowest BCUT2D eigenvalue weighted by molar-refractivity contribution is -0.168. The molecule has 1 atom stereocenters. The Morgan fingerprint density at radius 3 is 2.60 bits per heavy atom. The highest BCUT2D eigenvalue weighted by molar-refractivity contribution is 5.92. The zero-order valence-electron chi connectivity index (χ0n) is 8.56. The maximum atomic E-state index is 11.2. The lowest BCUT2D eigenvalue weighted by atomic mass is 10.2. The lowest BCUT2D eigenvalue weighted by Gasteiger charge is -2.13. The van der Waals surface area contributed by atoms with Crippen LogP contribution in [0.25, 0.3) is 0 Å². The second-order valence-electron chi connectivity index (χ2n) is 2.77. The number of carboxylic acid groups (broad SMARTS) is 1. The molecule has 0 aliphatic heterocycles. The molecule has 0 radical (unpaired) electrons. The molecular weight excluding hydrogens is 200 g/mol. The zero-order chi connectivity index (χ0) is 11.8. The highest BCUT2D eigenvalue weighted by Crippen LogP contribution is 2.04. The van der Waals surface area contributed by atoms with E-state index >= 15 is 0 Å². The van der Waals surface area contributed by atoms with E-state index in [9.17, 15) is 9.59 Å². The fourth-order valence-corrected chi connectivity index (χ4v) is 0.726. The van der Waals surface area contributed by atoms with E-state index in [4.69, 9.17) is 14.6 Å². The van der Waals surface area contributed by atoms with E-state index in [2.05, 4.69) is 13.2 Å². The molecule has 0 amide bonds. The number of aliphatic carboxylic acids is 1. The Bertz CT molecular complexity index is 269. The maximum Gasteiger partial charge on any atom is 0.336 e. The van der Waals surface area contributed by atoms with Gasteiger partial charge in [-0.2, -0.15) is 0 Å². The van der Waals surface area contributed by atoms with Gasteiger partial charge in [-0.15, -0.1) is 6.58 Å². The zero-order valence-corrected chi connectivity index (χ0v) is 8.56. The van der Waals surface area contributed by atoms with Gasteiger partial charge in [0.05, 0.1) is 13.0 Å². The second-order valence-corrected chi connectivity index (χ2v) is 2.77. The first-order valence-corrected chi connectivity index (χ1v) is 4.30. The molecule has 0 fully saturated rings. The third kappa shape index (κ3) is 6.45. The summed E-state index contributed by atoms with van der Waals surface area (Å²) < 4.78 is 9.71. The molecule has 0 heterocycles. The van der Waals surface area contributed by atoms with Crippen molar-refractivity contribution in [1.82, 2.24) is 0 Å². The maximum absolute atomic E-state index is 11.2. The molecule has 84 valence electrons. The average molecular weight is 214 g/mol. The van der Waals surface area contributed by atoms with Crippen LogP contribution in [-0.2, 0) is 19.1 Å². The Balaban J connectivity index is 3.95. The SMILES string of the molecule is C=CCOC(C)OC(=O)C(=C)CC(=O)O. The van der Waals surface area contributed by atoms with Gasteiger partial charge >= 0.3 is 11.9 Å². The van der Waals surface area contributed by atoms with E-state index in [1.54, 1.807) is 0 Å². The van der Waals surface area contributed by atoms with Crippen LogP contribution in [0.5, 0.6) is 0 Å². The highest BCUT2D eigenvalue weighted by atomic mass is 16.7. The first-order valence-electron chi connectivity index (χ1n) is 4.30. The van der Waals surface area contributed by atoms with Crippen molar-refractivity contribution in [2.75, 3.05) is 6.61 Å². The number of ether oxygens (including phenoxy) is 2. The van der Waals surface area contributed by atoms with Crippen LogP contribution in [0.3, 0.4) is 0 Å². The fourth-order valence-electron chi connectivity index (χ4n) is 0.726. The number of esters is 1. The number of carbonyl (C=O) groups is 2. The quantitative estimate of drug-likeness (QED) is 0.297. The van der Waals surface area contributed by atoms with Crippen LogP contribution in [-0.4, -0.2) is 29.9 Å². The van der Waals surface area contributed by atoms with Gasteiger partial charge in [0, 0.05) is 5.57 Å². The minimum atomic E-state index is -1.13. The van der Waals surface area contributed by atoms with E-state index in [0.29, 0.717) is 0 Å². The minimum absolute atomic E-state index is 0.114. The van der Waals surface area contributed by atoms with Crippen LogP contribution in [0, 0.1) is 0 Å². The number of hydrogen-bond acceptors (Lipinski definition) is 4. The molecule has 1 N–H and O–H groups in total. The standard InChI is InChI=1S/C10H14O5/c1-4-5-14-8(3)15-10(13)7(2)6-9(11)12/h4,8H,1-2,5-6H2,3H3,(H,11,12). The minimum Gasteiger partial charge on any atom is -0.481 e. The van der Waals surface area contributed by atoms with Crippen molar-refractivity contribution in [2.45, 2.75) is 19.6 Å². The van der Waals surface area contributed by atoms with Crippen molar-refractivity contribution < 1.29 is 24.2 Å². The first kappa shape index (κ1) is 13.4. The summed E-state index contributed by atoms with van der Waals surface area (Å²) in [6.07, 6.45) is 0.324. The molecular formula is C10H14O5. The van der Waals surface area contributed by atoms with Crippen LogP contribution in [0.15, 0.2) is 24.8 Å². The Morgan fingerprint density at radius 2 is 2.13 bits per heavy atom. The summed E-state index contributed by atoms with van der Waals surface area (Å²) in [4.78, 5) is 21.4. The molecule has 0 aromatic heterocycles. The fraction of sp³-hybridized carbons (Fsp3) is 0.400. The summed E-state index contributed by atoms with van der Waals surface area (Å²) in [5.41, 5.74) is -0.114. The number of hydrogen-bond donors (Lipinski definition) is 1. The topological polar surface area (TPSA) is 72.8 Å². The summed E-state index contributed by atoms with van der Waals surface area (Å²) in [5, 5.41) is 8.40. The summed E-state index contributed by atoms with van der Waals surface area (Å²) in [6.45, 7) is 8.50. The molecule has 0 aliphatic rings. The third-order valence-electron chi connectivity index (χ3n) is 1.38. The average Bonchev–Trinajstić information content (AvgIpc) is 2.13. The van der Waals surface area contributed by atoms with Gasteiger partial charge in [-0.25, -0.2) is 4.79 Å².